The van der Waals surface area contributed by atoms with Crippen molar-refractivity contribution in [3.05, 3.63) is 0 Å². The van der Waals surface area contributed by atoms with E-state index in [0.29, 0.717) is 4.90 Å². The molecule has 1 saturated carbocycles. The van der Waals surface area contributed by atoms with Crippen molar-refractivity contribution in [3.8, 4) is 0 Å². The average molecular weight is 492 g/mol. The van der Waals surface area contributed by atoms with Crippen molar-refractivity contribution in [2.24, 2.45) is 0 Å². The summed E-state index contributed by atoms with van der Waals surface area (Å²) < 4.78 is 16.0. The van der Waals surface area contributed by atoms with Gasteiger partial charge in [-0.25, -0.2) is 14.4 Å². The number of hydrogen-bond donors (Lipinski definition) is 0. The SMILES string of the molecule is CC(C)(C)OC(=O)N(C(=O)OC(C)(C)C)C(C)(CCC(=O)Br)C(=O)OC1CCCC1. The van der Waals surface area contributed by atoms with Crippen LogP contribution in [0.25, 0.3) is 0 Å². The lowest BCUT2D eigenvalue weighted by molar-refractivity contribution is -0.162. The normalized spacial score (nSPS) is 17.1. The van der Waals surface area contributed by atoms with Crippen LogP contribution in [0.2, 0.25) is 0 Å². The first kappa shape index (κ1) is 26.4. The van der Waals surface area contributed by atoms with Crippen LogP contribution < -0.4 is 0 Å². The molecule has 0 aromatic carbocycles. The van der Waals surface area contributed by atoms with Crippen molar-refractivity contribution in [1.29, 1.82) is 0 Å². The third kappa shape index (κ3) is 8.24. The molecule has 30 heavy (non-hydrogen) atoms. The van der Waals surface area contributed by atoms with Gasteiger partial charge in [-0.1, -0.05) is 0 Å². The monoisotopic (exact) mass is 491 g/mol. The van der Waals surface area contributed by atoms with Crippen LogP contribution in [-0.2, 0) is 23.8 Å². The highest BCUT2D eigenvalue weighted by Gasteiger charge is 2.51. The smallest absolute Gasteiger partial charge is 0.420 e. The summed E-state index contributed by atoms with van der Waals surface area (Å²) in [5, 5.41) is 0. The molecule has 1 aliphatic rings. The maximum Gasteiger partial charge on any atom is 0.420 e. The van der Waals surface area contributed by atoms with Crippen molar-refractivity contribution in [2.75, 3.05) is 0 Å². The number of imide groups is 1. The zero-order valence-corrected chi connectivity index (χ0v) is 20.6. The van der Waals surface area contributed by atoms with Crippen LogP contribution in [0.5, 0.6) is 0 Å². The van der Waals surface area contributed by atoms with Gasteiger partial charge in [-0.2, -0.15) is 4.90 Å². The summed E-state index contributed by atoms with van der Waals surface area (Å²) in [6.45, 7) is 11.3. The molecule has 1 rings (SSSR count). The Morgan fingerprint density at radius 1 is 0.867 bits per heavy atom. The predicted molar refractivity (Wildman–Crippen MR) is 114 cm³/mol. The lowest BCUT2D eigenvalue weighted by Gasteiger charge is -2.39. The van der Waals surface area contributed by atoms with Crippen LogP contribution in [0.3, 0.4) is 0 Å². The molecule has 0 aromatic heterocycles. The minimum Gasteiger partial charge on any atom is -0.461 e. The molecule has 1 fully saturated rings. The van der Waals surface area contributed by atoms with Gasteiger partial charge in [0, 0.05) is 6.42 Å². The third-order valence-corrected chi connectivity index (χ3v) is 4.87. The quantitative estimate of drug-likeness (QED) is 0.289. The van der Waals surface area contributed by atoms with Crippen LogP contribution in [0.4, 0.5) is 9.59 Å². The fourth-order valence-corrected chi connectivity index (χ4v) is 3.22. The molecule has 2 amide bonds. The van der Waals surface area contributed by atoms with Gasteiger partial charge in [0.2, 0.25) is 0 Å². The summed E-state index contributed by atoms with van der Waals surface area (Å²) in [5.41, 5.74) is -3.62. The van der Waals surface area contributed by atoms with Crippen LogP contribution in [0.15, 0.2) is 0 Å². The van der Waals surface area contributed by atoms with E-state index in [1.165, 1.54) is 6.92 Å². The van der Waals surface area contributed by atoms with E-state index in [4.69, 9.17) is 14.2 Å². The van der Waals surface area contributed by atoms with Crippen LogP contribution in [0.1, 0.15) is 87.0 Å². The van der Waals surface area contributed by atoms with Crippen molar-refractivity contribution in [3.63, 3.8) is 0 Å². The maximum absolute atomic E-state index is 13.2. The predicted octanol–water partition coefficient (Wildman–Crippen LogP) is 5.10. The van der Waals surface area contributed by atoms with E-state index in [9.17, 15) is 19.2 Å². The standard InChI is InChI=1S/C21H34BrNO7/c1-19(2,3)29-17(26)23(18(27)30-20(4,5)6)21(7,13-12-15(22)24)16(25)28-14-10-8-9-11-14/h14H,8-13H2,1-7H3. The molecular weight excluding hydrogens is 458 g/mol. The minimum atomic E-state index is -1.78. The lowest BCUT2D eigenvalue weighted by atomic mass is 9.94. The lowest BCUT2D eigenvalue weighted by Crippen LogP contribution is -2.60. The number of rotatable bonds is 6. The van der Waals surface area contributed by atoms with Gasteiger partial charge in [-0.05, 0) is 96.5 Å². The van der Waals surface area contributed by atoms with Crippen molar-refractivity contribution in [1.82, 2.24) is 4.90 Å². The molecule has 172 valence electrons. The molecule has 9 heteroatoms. The molecule has 0 bridgehead atoms. The highest BCUT2D eigenvalue weighted by molar-refractivity contribution is 9.18. The molecular formula is C21H34BrNO7. The minimum absolute atomic E-state index is 0.0988. The number of carbonyl (C=O) groups is 4. The number of halogens is 1. The summed E-state index contributed by atoms with van der Waals surface area (Å²) in [6.07, 6.45) is 0.729. The molecule has 1 aliphatic carbocycles. The van der Waals surface area contributed by atoms with Gasteiger partial charge in [0.1, 0.15) is 17.3 Å². The number of amides is 2. The molecule has 8 nitrogen and oxygen atoms in total. The van der Waals surface area contributed by atoms with E-state index in [0.717, 1.165) is 25.7 Å². The third-order valence-electron chi connectivity index (χ3n) is 4.47. The van der Waals surface area contributed by atoms with Gasteiger partial charge in [-0.15, -0.1) is 0 Å². The second-order valence-corrected chi connectivity index (χ2v) is 10.6. The molecule has 0 N–H and O–H groups in total. The van der Waals surface area contributed by atoms with E-state index < -0.39 is 34.9 Å². The number of esters is 1. The molecule has 1 atom stereocenters. The Kier molecular flexibility index (Phi) is 8.90. The topological polar surface area (TPSA) is 99.2 Å². The Labute approximate surface area is 187 Å². The molecule has 0 saturated heterocycles. The first-order valence-electron chi connectivity index (χ1n) is 10.2. The molecule has 0 spiro atoms. The number of hydrogen-bond acceptors (Lipinski definition) is 7. The Morgan fingerprint density at radius 2 is 1.30 bits per heavy atom. The fourth-order valence-electron chi connectivity index (χ4n) is 3.02. The fraction of sp³-hybridized carbons (Fsp3) is 0.810. The Morgan fingerprint density at radius 3 is 1.67 bits per heavy atom. The van der Waals surface area contributed by atoms with Crippen molar-refractivity contribution < 1.29 is 33.4 Å². The van der Waals surface area contributed by atoms with E-state index >= 15 is 0 Å². The number of nitrogens with zero attached hydrogens (tertiary/aromatic N) is 1. The summed E-state index contributed by atoms with van der Waals surface area (Å²) in [5.74, 6) is -0.764. The average Bonchev–Trinajstić information content (AvgIpc) is 3.02. The molecule has 0 aromatic rings. The van der Waals surface area contributed by atoms with Gasteiger partial charge in [0.15, 0.2) is 10.2 Å². The Hall–Kier alpha value is -1.64. The van der Waals surface area contributed by atoms with E-state index in [1.54, 1.807) is 41.5 Å². The number of ether oxygens (including phenoxy) is 3. The van der Waals surface area contributed by atoms with Gasteiger partial charge >= 0.3 is 18.2 Å². The number of carbonyl (C=O) groups excluding carboxylic acids is 4. The summed E-state index contributed by atoms with van der Waals surface area (Å²) in [4.78, 5) is 51.5. The van der Waals surface area contributed by atoms with E-state index in [1.807, 2.05) is 0 Å². The van der Waals surface area contributed by atoms with E-state index in [-0.39, 0.29) is 23.6 Å². The van der Waals surface area contributed by atoms with E-state index in [2.05, 4.69) is 15.9 Å². The van der Waals surface area contributed by atoms with Gasteiger partial charge < -0.3 is 14.2 Å². The second kappa shape index (κ2) is 10.1. The molecule has 0 radical (unpaired) electrons. The Bertz CT molecular complexity index is 631. The van der Waals surface area contributed by atoms with Crippen LogP contribution in [-0.4, -0.2) is 50.6 Å². The Balaban J connectivity index is 3.35. The first-order valence-corrected chi connectivity index (χ1v) is 11.0. The van der Waals surface area contributed by atoms with Crippen molar-refractivity contribution >= 4 is 38.8 Å². The first-order chi connectivity index (χ1) is 13.5. The highest BCUT2D eigenvalue weighted by atomic mass is 79.9. The van der Waals surface area contributed by atoms with Gasteiger partial charge in [-0.3, -0.25) is 4.79 Å². The molecule has 1 unspecified atom stereocenters. The zero-order chi connectivity index (χ0) is 23.3. The van der Waals surface area contributed by atoms with Gasteiger partial charge in [0.05, 0.1) is 0 Å². The molecule has 0 aliphatic heterocycles. The zero-order valence-electron chi connectivity index (χ0n) is 19.0. The van der Waals surface area contributed by atoms with Crippen LogP contribution >= 0.6 is 15.9 Å². The highest BCUT2D eigenvalue weighted by Crippen LogP contribution is 2.31. The summed E-state index contributed by atoms with van der Waals surface area (Å²) in [6, 6.07) is 0. The molecule has 0 heterocycles. The summed E-state index contributed by atoms with van der Waals surface area (Å²) >= 11 is 2.84. The second-order valence-electron chi connectivity index (χ2n) is 9.74. The largest absolute Gasteiger partial charge is 0.461 e. The maximum atomic E-state index is 13.2. The van der Waals surface area contributed by atoms with Gasteiger partial charge in [0.25, 0.3) is 0 Å². The van der Waals surface area contributed by atoms with Crippen molar-refractivity contribution in [2.45, 2.75) is 110 Å². The van der Waals surface area contributed by atoms with Crippen LogP contribution in [0, 0.1) is 0 Å². The summed E-state index contributed by atoms with van der Waals surface area (Å²) in [7, 11) is 0.